The number of amides is 1. The third-order valence-corrected chi connectivity index (χ3v) is 10.2. The standard InChI is InChI=1S/C34H44F4N8O3S/c1-21-4-7-24(30(16-21)46(2)50(3,48)49)19-41-31-27(34(36,37)38)20-42-33(45-31)44-29-13-8-23(17-28(29)35)32(47)43-26-11-9-25(10-12-26)40-15-14-39-18-22-5-6-22/h4,7-8,13,16-17,20,22,25-26,39-40H,5-6,9-12,14-15,18-19H2,1-3H3,(H,43,47)(H2,41,42,44,45). The van der Waals surface area contributed by atoms with E-state index in [0.29, 0.717) is 23.5 Å². The Balaban J connectivity index is 1.19. The summed E-state index contributed by atoms with van der Waals surface area (Å²) in [5.74, 6) is -1.28. The molecule has 0 saturated heterocycles. The highest BCUT2D eigenvalue weighted by Gasteiger charge is 2.35. The van der Waals surface area contributed by atoms with E-state index in [4.69, 9.17) is 0 Å². The van der Waals surface area contributed by atoms with Crippen LogP contribution in [-0.2, 0) is 22.7 Å². The van der Waals surface area contributed by atoms with E-state index in [1.54, 1.807) is 25.1 Å². The van der Waals surface area contributed by atoms with E-state index in [-0.39, 0.29) is 29.8 Å². The fourth-order valence-corrected chi connectivity index (χ4v) is 6.37. The number of carbonyl (C=O) groups is 1. The largest absolute Gasteiger partial charge is 0.421 e. The number of hydrogen-bond donors (Lipinski definition) is 5. The number of nitrogens with one attached hydrogen (secondary N) is 5. The van der Waals surface area contributed by atoms with Gasteiger partial charge >= 0.3 is 6.18 Å². The van der Waals surface area contributed by atoms with E-state index in [0.717, 1.165) is 73.4 Å². The number of nitrogens with zero attached hydrogens (tertiary/aromatic N) is 3. The number of benzene rings is 2. The molecule has 2 aromatic carbocycles. The topological polar surface area (TPSA) is 140 Å². The van der Waals surface area contributed by atoms with E-state index in [1.807, 2.05) is 0 Å². The molecule has 272 valence electrons. The number of halogens is 4. The normalized spacial score (nSPS) is 18.1. The Labute approximate surface area is 290 Å². The molecule has 1 amide bonds. The van der Waals surface area contributed by atoms with Crippen LogP contribution in [0.5, 0.6) is 0 Å². The summed E-state index contributed by atoms with van der Waals surface area (Å²) in [6.07, 6.45) is 2.91. The summed E-state index contributed by atoms with van der Waals surface area (Å²) >= 11 is 0. The highest BCUT2D eigenvalue weighted by atomic mass is 32.2. The zero-order valence-corrected chi connectivity index (χ0v) is 29.1. The third-order valence-electron chi connectivity index (χ3n) is 9.02. The van der Waals surface area contributed by atoms with Crippen molar-refractivity contribution in [2.24, 2.45) is 5.92 Å². The summed E-state index contributed by atoms with van der Waals surface area (Å²) < 4.78 is 82.3. The van der Waals surface area contributed by atoms with Crippen LogP contribution in [0.2, 0.25) is 0 Å². The van der Waals surface area contributed by atoms with E-state index in [9.17, 15) is 26.4 Å². The monoisotopic (exact) mass is 720 g/mol. The van der Waals surface area contributed by atoms with Gasteiger partial charge in [0, 0.05) is 50.5 Å². The van der Waals surface area contributed by atoms with Crippen LogP contribution in [0.15, 0.2) is 42.6 Å². The van der Waals surface area contributed by atoms with Gasteiger partial charge in [0.1, 0.15) is 17.2 Å². The number of aromatic nitrogens is 2. The molecule has 0 atom stereocenters. The van der Waals surface area contributed by atoms with Crippen LogP contribution in [0.4, 0.5) is 40.7 Å². The average Bonchev–Trinajstić information content (AvgIpc) is 3.89. The summed E-state index contributed by atoms with van der Waals surface area (Å²) in [5, 5.41) is 15.3. The maximum absolute atomic E-state index is 15.2. The Morgan fingerprint density at radius 2 is 1.72 bits per heavy atom. The minimum Gasteiger partial charge on any atom is -0.365 e. The van der Waals surface area contributed by atoms with Gasteiger partial charge in [0.25, 0.3) is 5.91 Å². The van der Waals surface area contributed by atoms with Gasteiger partial charge in [-0.25, -0.2) is 17.8 Å². The van der Waals surface area contributed by atoms with Crippen LogP contribution < -0.4 is 30.9 Å². The average molecular weight is 721 g/mol. The van der Waals surface area contributed by atoms with Crippen LogP contribution in [0.25, 0.3) is 0 Å². The van der Waals surface area contributed by atoms with Crippen molar-refractivity contribution in [3.05, 3.63) is 70.7 Å². The van der Waals surface area contributed by atoms with Gasteiger partial charge in [-0.2, -0.15) is 18.2 Å². The molecular weight excluding hydrogens is 676 g/mol. The highest BCUT2D eigenvalue weighted by molar-refractivity contribution is 7.92. The zero-order valence-electron chi connectivity index (χ0n) is 28.3. The first kappa shape index (κ1) is 37.2. The smallest absolute Gasteiger partial charge is 0.365 e. The van der Waals surface area contributed by atoms with E-state index >= 15 is 4.39 Å². The molecule has 2 aliphatic rings. The first-order chi connectivity index (χ1) is 23.7. The lowest BCUT2D eigenvalue weighted by Crippen LogP contribution is -2.43. The molecule has 0 unspecified atom stereocenters. The van der Waals surface area contributed by atoms with Crippen molar-refractivity contribution in [3.8, 4) is 0 Å². The molecule has 2 saturated carbocycles. The number of alkyl halides is 3. The number of aryl methyl sites for hydroxylation is 1. The summed E-state index contributed by atoms with van der Waals surface area (Å²) in [6, 6.07) is 9.08. The molecule has 5 N–H and O–H groups in total. The summed E-state index contributed by atoms with van der Waals surface area (Å²) in [5.41, 5.74) is 0.263. The van der Waals surface area contributed by atoms with Crippen LogP contribution >= 0.6 is 0 Å². The van der Waals surface area contributed by atoms with Crippen molar-refractivity contribution < 1.29 is 30.8 Å². The lowest BCUT2D eigenvalue weighted by atomic mass is 9.91. The molecule has 2 fully saturated rings. The van der Waals surface area contributed by atoms with E-state index < -0.39 is 39.3 Å². The first-order valence-electron chi connectivity index (χ1n) is 16.7. The van der Waals surface area contributed by atoms with Crippen molar-refractivity contribution >= 4 is 39.1 Å². The van der Waals surface area contributed by atoms with Gasteiger partial charge in [0.05, 0.1) is 17.6 Å². The quantitative estimate of drug-likeness (QED) is 0.104. The Morgan fingerprint density at radius 1 is 1.00 bits per heavy atom. The number of hydrogen-bond acceptors (Lipinski definition) is 9. The molecule has 11 nitrogen and oxygen atoms in total. The Kier molecular flexibility index (Phi) is 11.8. The predicted octanol–water partition coefficient (Wildman–Crippen LogP) is 5.32. The fourth-order valence-electron chi connectivity index (χ4n) is 5.84. The van der Waals surface area contributed by atoms with Crippen molar-refractivity contribution in [1.82, 2.24) is 25.9 Å². The molecule has 1 heterocycles. The molecule has 3 aromatic rings. The second kappa shape index (κ2) is 15.9. The number of carbonyl (C=O) groups excluding carboxylic acids is 1. The van der Waals surface area contributed by atoms with Crippen LogP contribution in [0, 0.1) is 18.7 Å². The van der Waals surface area contributed by atoms with Gasteiger partial charge in [0.2, 0.25) is 16.0 Å². The molecule has 0 radical (unpaired) electrons. The van der Waals surface area contributed by atoms with Gasteiger partial charge in [0.15, 0.2) is 0 Å². The fraction of sp³-hybridized carbons (Fsp3) is 0.500. The molecule has 5 rings (SSSR count). The lowest BCUT2D eigenvalue weighted by Gasteiger charge is -2.30. The SMILES string of the molecule is Cc1ccc(CNc2nc(Nc3ccc(C(=O)NC4CCC(NCCNCC5CC5)CC4)cc3F)ncc2C(F)(F)F)c(N(C)S(C)(=O)=O)c1. The highest BCUT2D eigenvalue weighted by Crippen LogP contribution is 2.35. The molecule has 0 aliphatic heterocycles. The minimum atomic E-state index is -4.82. The van der Waals surface area contributed by atoms with Crippen molar-refractivity contribution in [3.63, 3.8) is 0 Å². The third kappa shape index (κ3) is 10.3. The van der Waals surface area contributed by atoms with Crippen LogP contribution in [-0.4, -0.2) is 69.3 Å². The maximum Gasteiger partial charge on any atom is 0.421 e. The van der Waals surface area contributed by atoms with Crippen LogP contribution in [0.3, 0.4) is 0 Å². The maximum atomic E-state index is 15.2. The second-order valence-electron chi connectivity index (χ2n) is 13.1. The Hall–Kier alpha value is -4.02. The van der Waals surface area contributed by atoms with Gasteiger partial charge in [-0.05, 0) is 93.3 Å². The molecule has 0 spiro atoms. The van der Waals surface area contributed by atoms with Gasteiger partial charge in [-0.3, -0.25) is 9.10 Å². The number of sulfonamides is 1. The van der Waals surface area contributed by atoms with Crippen molar-refractivity contribution in [1.29, 1.82) is 0 Å². The molecule has 1 aromatic heterocycles. The number of anilines is 4. The number of rotatable bonds is 15. The first-order valence-corrected chi connectivity index (χ1v) is 18.5. The molecule has 16 heteroatoms. The molecular formula is C34H44F4N8O3S. The molecule has 0 bridgehead atoms. The van der Waals surface area contributed by atoms with Gasteiger partial charge in [-0.1, -0.05) is 12.1 Å². The second-order valence-corrected chi connectivity index (χ2v) is 15.1. The molecule has 2 aliphatic carbocycles. The van der Waals surface area contributed by atoms with Gasteiger partial charge in [-0.15, -0.1) is 0 Å². The summed E-state index contributed by atoms with van der Waals surface area (Å²) in [6.45, 7) is 4.49. The molecule has 50 heavy (non-hydrogen) atoms. The van der Waals surface area contributed by atoms with E-state index in [1.165, 1.54) is 32.0 Å². The minimum absolute atomic E-state index is 0.0244. The summed E-state index contributed by atoms with van der Waals surface area (Å²) in [7, 11) is -2.30. The van der Waals surface area contributed by atoms with Crippen LogP contribution in [0.1, 0.15) is 65.6 Å². The van der Waals surface area contributed by atoms with Gasteiger partial charge < -0.3 is 26.6 Å². The Morgan fingerprint density at radius 3 is 2.38 bits per heavy atom. The van der Waals surface area contributed by atoms with Crippen molar-refractivity contribution in [2.45, 2.75) is 70.3 Å². The lowest BCUT2D eigenvalue weighted by molar-refractivity contribution is -0.137. The van der Waals surface area contributed by atoms with E-state index in [2.05, 4.69) is 36.6 Å². The predicted molar refractivity (Wildman–Crippen MR) is 186 cm³/mol. The van der Waals surface area contributed by atoms with Crippen molar-refractivity contribution in [2.75, 3.05) is 47.9 Å². The summed E-state index contributed by atoms with van der Waals surface area (Å²) in [4.78, 5) is 20.6. The zero-order chi connectivity index (χ0) is 36.1. The Bertz CT molecular complexity index is 1760.